The van der Waals surface area contributed by atoms with Crippen LogP contribution in [0.3, 0.4) is 0 Å². The van der Waals surface area contributed by atoms with E-state index in [0.717, 1.165) is 17.9 Å². The van der Waals surface area contributed by atoms with Gasteiger partial charge in [0.15, 0.2) is 9.34 Å². The molecule has 0 aliphatic heterocycles. The van der Waals surface area contributed by atoms with Gasteiger partial charge in [-0.05, 0) is 24.7 Å². The average molecular weight is 275 g/mol. The summed E-state index contributed by atoms with van der Waals surface area (Å²) in [6.07, 6.45) is 6.21. The standard InChI is InChI=1S/C10H17N3O2S2/c1-2-3-10(4-5-10)7-13-9-12-6-8(16-9)17(11,14)15/h6H,2-5,7H2,1H3,(H,12,13)(H2,11,14,15). The molecule has 3 N–H and O–H groups in total. The Bertz CT molecular complexity index is 491. The summed E-state index contributed by atoms with van der Waals surface area (Å²) in [5.74, 6) is 0. The number of nitrogens with one attached hydrogen (secondary N) is 1. The number of nitrogens with two attached hydrogens (primary N) is 1. The first-order valence-electron chi connectivity index (χ1n) is 5.68. The number of aromatic nitrogens is 1. The molecule has 0 unspecified atom stereocenters. The molecule has 1 fully saturated rings. The second-order valence-electron chi connectivity index (χ2n) is 4.63. The van der Waals surface area contributed by atoms with Crippen molar-refractivity contribution in [2.45, 2.75) is 36.8 Å². The van der Waals surface area contributed by atoms with E-state index in [1.807, 2.05) is 0 Å². The van der Waals surface area contributed by atoms with Gasteiger partial charge in [0.05, 0.1) is 6.20 Å². The molecule has 1 aromatic heterocycles. The quantitative estimate of drug-likeness (QED) is 0.828. The zero-order chi connectivity index (χ0) is 12.5. The minimum Gasteiger partial charge on any atom is -0.361 e. The maximum atomic E-state index is 11.1. The Morgan fingerprint density at radius 1 is 1.59 bits per heavy atom. The van der Waals surface area contributed by atoms with E-state index in [2.05, 4.69) is 17.2 Å². The molecule has 0 radical (unpaired) electrons. The zero-order valence-corrected chi connectivity index (χ0v) is 11.4. The summed E-state index contributed by atoms with van der Waals surface area (Å²) in [7, 11) is -3.61. The molecule has 0 bridgehead atoms. The van der Waals surface area contributed by atoms with Gasteiger partial charge in [-0.15, -0.1) is 0 Å². The summed E-state index contributed by atoms with van der Waals surface area (Å²) in [6.45, 7) is 3.06. The van der Waals surface area contributed by atoms with Crippen LogP contribution in [0.1, 0.15) is 32.6 Å². The molecule has 1 aliphatic rings. The van der Waals surface area contributed by atoms with E-state index >= 15 is 0 Å². The van der Waals surface area contributed by atoms with Gasteiger partial charge in [0.1, 0.15) is 0 Å². The second-order valence-corrected chi connectivity index (χ2v) is 7.45. The van der Waals surface area contributed by atoms with E-state index in [1.165, 1.54) is 31.9 Å². The Morgan fingerprint density at radius 3 is 2.76 bits per heavy atom. The Kier molecular flexibility index (Phi) is 3.42. The number of hydrogen-bond acceptors (Lipinski definition) is 5. The summed E-state index contributed by atoms with van der Waals surface area (Å²) >= 11 is 1.09. The Morgan fingerprint density at radius 2 is 2.29 bits per heavy atom. The fourth-order valence-corrected chi connectivity index (χ4v) is 3.40. The number of primary sulfonamides is 1. The van der Waals surface area contributed by atoms with Gasteiger partial charge in [0, 0.05) is 6.54 Å². The SMILES string of the molecule is CCCC1(CNc2ncc(S(N)(=O)=O)s2)CC1. The van der Waals surface area contributed by atoms with Crippen LogP contribution in [0.5, 0.6) is 0 Å². The molecule has 7 heteroatoms. The number of anilines is 1. The topological polar surface area (TPSA) is 85.1 Å². The maximum absolute atomic E-state index is 11.1. The van der Waals surface area contributed by atoms with Gasteiger partial charge in [-0.2, -0.15) is 0 Å². The molecule has 1 aromatic rings. The van der Waals surface area contributed by atoms with Gasteiger partial charge in [-0.25, -0.2) is 18.5 Å². The van der Waals surface area contributed by atoms with Crippen molar-refractivity contribution in [1.82, 2.24) is 4.98 Å². The summed E-state index contributed by atoms with van der Waals surface area (Å²) < 4.78 is 22.3. The van der Waals surface area contributed by atoms with Crippen molar-refractivity contribution in [3.8, 4) is 0 Å². The van der Waals surface area contributed by atoms with Crippen LogP contribution in [0.25, 0.3) is 0 Å². The minimum atomic E-state index is -3.61. The first kappa shape index (κ1) is 12.8. The van der Waals surface area contributed by atoms with Crippen LogP contribution >= 0.6 is 11.3 Å². The molecule has 1 heterocycles. The van der Waals surface area contributed by atoms with Crippen molar-refractivity contribution in [2.24, 2.45) is 10.6 Å². The van der Waals surface area contributed by atoms with Gasteiger partial charge in [-0.1, -0.05) is 24.7 Å². The molecular weight excluding hydrogens is 258 g/mol. The van der Waals surface area contributed by atoms with Crippen LogP contribution in [0, 0.1) is 5.41 Å². The van der Waals surface area contributed by atoms with Crippen LogP contribution < -0.4 is 10.5 Å². The Hall–Kier alpha value is -0.660. The highest BCUT2D eigenvalue weighted by Gasteiger charge is 2.41. The number of thiazole rings is 1. The molecule has 17 heavy (non-hydrogen) atoms. The second kappa shape index (κ2) is 4.55. The van der Waals surface area contributed by atoms with Crippen molar-refractivity contribution in [1.29, 1.82) is 0 Å². The van der Waals surface area contributed by atoms with Crippen LogP contribution in [0.2, 0.25) is 0 Å². The average Bonchev–Trinajstić information content (AvgIpc) is 2.82. The molecule has 0 saturated heterocycles. The summed E-state index contributed by atoms with van der Waals surface area (Å²) in [5.41, 5.74) is 0.419. The van der Waals surface area contributed by atoms with Crippen LogP contribution in [-0.4, -0.2) is 19.9 Å². The lowest BCUT2D eigenvalue weighted by Crippen LogP contribution is -2.14. The van der Waals surface area contributed by atoms with E-state index in [1.54, 1.807) is 0 Å². The van der Waals surface area contributed by atoms with Crippen LogP contribution in [0.15, 0.2) is 10.4 Å². The smallest absolute Gasteiger partial charge is 0.249 e. The fraction of sp³-hybridized carbons (Fsp3) is 0.700. The van der Waals surface area contributed by atoms with E-state index < -0.39 is 10.0 Å². The minimum absolute atomic E-state index is 0.111. The highest BCUT2D eigenvalue weighted by Crippen LogP contribution is 2.49. The van der Waals surface area contributed by atoms with Crippen LogP contribution in [-0.2, 0) is 10.0 Å². The normalized spacial score (nSPS) is 18.0. The predicted molar refractivity (Wildman–Crippen MR) is 68.6 cm³/mol. The monoisotopic (exact) mass is 275 g/mol. The van der Waals surface area contributed by atoms with Crippen molar-refractivity contribution in [3.63, 3.8) is 0 Å². The highest BCUT2D eigenvalue weighted by atomic mass is 32.2. The van der Waals surface area contributed by atoms with Crippen LogP contribution in [0.4, 0.5) is 5.13 Å². The molecule has 2 rings (SSSR count). The third kappa shape index (κ3) is 3.17. The van der Waals surface area contributed by atoms with Crippen molar-refractivity contribution in [3.05, 3.63) is 6.20 Å². The molecular formula is C10H17N3O2S2. The van der Waals surface area contributed by atoms with E-state index in [4.69, 9.17) is 5.14 Å². The lowest BCUT2D eigenvalue weighted by Gasteiger charge is -2.13. The summed E-state index contributed by atoms with van der Waals surface area (Å²) in [6, 6.07) is 0. The molecule has 1 saturated carbocycles. The predicted octanol–water partition coefficient (Wildman–Crippen LogP) is 1.78. The molecule has 1 aliphatic carbocycles. The van der Waals surface area contributed by atoms with E-state index in [0.29, 0.717) is 10.5 Å². The third-order valence-corrected chi connectivity index (χ3v) is 5.48. The van der Waals surface area contributed by atoms with Crippen molar-refractivity contribution < 1.29 is 8.42 Å². The maximum Gasteiger partial charge on any atom is 0.249 e. The highest BCUT2D eigenvalue weighted by molar-refractivity contribution is 7.91. The van der Waals surface area contributed by atoms with E-state index in [-0.39, 0.29) is 4.21 Å². The fourth-order valence-electron chi connectivity index (χ4n) is 1.96. The number of nitrogens with zero attached hydrogens (tertiary/aromatic N) is 1. The zero-order valence-electron chi connectivity index (χ0n) is 9.77. The van der Waals surface area contributed by atoms with Gasteiger partial charge < -0.3 is 5.32 Å². The molecule has 0 spiro atoms. The number of rotatable bonds is 6. The van der Waals surface area contributed by atoms with Crippen molar-refractivity contribution >= 4 is 26.5 Å². The Labute approximate surface area is 105 Å². The lowest BCUT2D eigenvalue weighted by atomic mass is 10.0. The molecule has 96 valence electrons. The molecule has 5 nitrogen and oxygen atoms in total. The van der Waals surface area contributed by atoms with Gasteiger partial charge in [0.2, 0.25) is 10.0 Å². The lowest BCUT2D eigenvalue weighted by molar-refractivity contribution is 0.485. The first-order valence-corrected chi connectivity index (χ1v) is 8.04. The number of sulfonamides is 1. The molecule has 0 aromatic carbocycles. The molecule has 0 atom stereocenters. The molecule has 0 amide bonds. The van der Waals surface area contributed by atoms with Crippen molar-refractivity contribution in [2.75, 3.05) is 11.9 Å². The largest absolute Gasteiger partial charge is 0.361 e. The summed E-state index contributed by atoms with van der Waals surface area (Å²) in [5, 5.41) is 8.87. The van der Waals surface area contributed by atoms with Gasteiger partial charge in [0.25, 0.3) is 0 Å². The summed E-state index contributed by atoms with van der Waals surface area (Å²) in [4.78, 5) is 4.02. The number of hydrogen-bond donors (Lipinski definition) is 2. The first-order chi connectivity index (χ1) is 7.95. The third-order valence-electron chi connectivity index (χ3n) is 3.12. The van der Waals surface area contributed by atoms with E-state index in [9.17, 15) is 8.42 Å². The Balaban J connectivity index is 1.94. The van der Waals surface area contributed by atoms with Gasteiger partial charge >= 0.3 is 0 Å². The van der Waals surface area contributed by atoms with Gasteiger partial charge in [-0.3, -0.25) is 0 Å².